The molecule has 0 aliphatic carbocycles. The summed E-state index contributed by atoms with van der Waals surface area (Å²) in [5.74, 6) is -0.359. The second-order valence-electron chi connectivity index (χ2n) is 7.04. The Balaban J connectivity index is 1.77. The largest absolute Gasteiger partial charge is 0.492 e. The van der Waals surface area contributed by atoms with Gasteiger partial charge in [-0.15, -0.1) is 0 Å². The van der Waals surface area contributed by atoms with Gasteiger partial charge in [-0.25, -0.2) is 4.79 Å². The van der Waals surface area contributed by atoms with Crippen LogP contribution < -0.4 is 20.3 Å². The molecule has 0 radical (unpaired) electrons. The molecule has 2 N–H and O–H groups in total. The predicted octanol–water partition coefficient (Wildman–Crippen LogP) is 3.88. The van der Waals surface area contributed by atoms with Crippen molar-refractivity contribution < 1.29 is 23.8 Å². The van der Waals surface area contributed by atoms with Gasteiger partial charge in [0.25, 0.3) is 5.91 Å². The van der Waals surface area contributed by atoms with Crippen LogP contribution in [-0.2, 0) is 9.47 Å². The van der Waals surface area contributed by atoms with Gasteiger partial charge in [-0.2, -0.15) is 0 Å². The van der Waals surface area contributed by atoms with Gasteiger partial charge < -0.3 is 24.4 Å². The zero-order valence-electron chi connectivity index (χ0n) is 18.5. The Kier molecular flexibility index (Phi) is 8.87. The molecule has 1 fully saturated rings. The van der Waals surface area contributed by atoms with E-state index in [0.717, 1.165) is 5.69 Å². The molecule has 176 valence electrons. The lowest BCUT2D eigenvalue weighted by atomic mass is 10.1. The van der Waals surface area contributed by atoms with Crippen molar-refractivity contribution in [2.45, 2.75) is 13.8 Å². The van der Waals surface area contributed by atoms with Gasteiger partial charge in [0.05, 0.1) is 48.4 Å². The summed E-state index contributed by atoms with van der Waals surface area (Å²) >= 11 is 11.6. The number of amides is 1. The minimum Gasteiger partial charge on any atom is -0.492 e. The molecule has 1 aliphatic heterocycles. The summed E-state index contributed by atoms with van der Waals surface area (Å²) in [5.41, 5.74) is 2.13. The van der Waals surface area contributed by atoms with Gasteiger partial charge in [-0.3, -0.25) is 10.1 Å². The van der Waals surface area contributed by atoms with Crippen LogP contribution in [0.15, 0.2) is 36.4 Å². The van der Waals surface area contributed by atoms with E-state index in [1.54, 1.807) is 31.2 Å². The normalized spacial score (nSPS) is 13.2. The number of esters is 1. The first-order valence-corrected chi connectivity index (χ1v) is 11.4. The molecule has 0 atom stereocenters. The van der Waals surface area contributed by atoms with E-state index < -0.39 is 11.9 Å². The SMILES string of the molecule is CCOC(=O)c1ccc(N2CCOCC2)c(NC(=S)NC(=O)c2ccc(OCC)c(Cl)c2)c1. The van der Waals surface area contributed by atoms with Crippen LogP contribution in [0.5, 0.6) is 5.75 Å². The molecule has 0 spiro atoms. The number of thiocarbonyl (C=S) groups is 1. The number of nitrogens with zero attached hydrogens (tertiary/aromatic N) is 1. The molecule has 1 aliphatic rings. The number of benzene rings is 2. The number of ether oxygens (including phenoxy) is 3. The van der Waals surface area contributed by atoms with Crippen LogP contribution in [-0.4, -0.2) is 56.5 Å². The number of hydrogen-bond acceptors (Lipinski definition) is 7. The number of anilines is 2. The fraction of sp³-hybridized carbons (Fsp3) is 0.348. The zero-order valence-corrected chi connectivity index (χ0v) is 20.1. The van der Waals surface area contributed by atoms with E-state index in [9.17, 15) is 9.59 Å². The number of carbonyl (C=O) groups is 2. The summed E-state index contributed by atoms with van der Waals surface area (Å²) in [6.45, 7) is 6.91. The van der Waals surface area contributed by atoms with Crippen LogP contribution in [0.4, 0.5) is 11.4 Å². The first-order chi connectivity index (χ1) is 15.9. The lowest BCUT2D eigenvalue weighted by Gasteiger charge is -2.31. The van der Waals surface area contributed by atoms with Crippen molar-refractivity contribution in [3.8, 4) is 5.75 Å². The molecule has 2 aromatic carbocycles. The highest BCUT2D eigenvalue weighted by molar-refractivity contribution is 7.80. The number of nitrogens with one attached hydrogen (secondary N) is 2. The Morgan fingerprint density at radius 3 is 2.48 bits per heavy atom. The van der Waals surface area contributed by atoms with Crippen molar-refractivity contribution in [1.82, 2.24) is 5.32 Å². The fourth-order valence-electron chi connectivity index (χ4n) is 3.30. The van der Waals surface area contributed by atoms with E-state index in [1.807, 2.05) is 13.0 Å². The summed E-state index contributed by atoms with van der Waals surface area (Å²) in [6, 6.07) is 9.96. The monoisotopic (exact) mass is 491 g/mol. The van der Waals surface area contributed by atoms with Gasteiger partial charge in [0, 0.05) is 18.7 Å². The molecule has 8 nitrogen and oxygen atoms in total. The Morgan fingerprint density at radius 2 is 1.82 bits per heavy atom. The number of carbonyl (C=O) groups excluding carboxylic acids is 2. The number of halogens is 1. The van der Waals surface area contributed by atoms with E-state index >= 15 is 0 Å². The quantitative estimate of drug-likeness (QED) is 0.445. The average Bonchev–Trinajstić information content (AvgIpc) is 2.81. The molecular weight excluding hydrogens is 466 g/mol. The molecule has 33 heavy (non-hydrogen) atoms. The average molecular weight is 492 g/mol. The molecule has 3 rings (SSSR count). The van der Waals surface area contributed by atoms with Crippen LogP contribution in [0.25, 0.3) is 0 Å². The predicted molar refractivity (Wildman–Crippen MR) is 132 cm³/mol. The van der Waals surface area contributed by atoms with Gasteiger partial charge in [-0.05, 0) is 62.5 Å². The third kappa shape index (κ3) is 6.56. The molecule has 1 saturated heterocycles. The summed E-state index contributed by atoms with van der Waals surface area (Å²) in [6.07, 6.45) is 0. The van der Waals surface area contributed by atoms with Crippen LogP contribution in [0.1, 0.15) is 34.6 Å². The molecule has 1 heterocycles. The first-order valence-electron chi connectivity index (χ1n) is 10.6. The van der Waals surface area contributed by atoms with E-state index in [4.69, 9.17) is 38.0 Å². The Bertz CT molecular complexity index is 1030. The molecule has 0 unspecified atom stereocenters. The molecule has 1 amide bonds. The smallest absolute Gasteiger partial charge is 0.338 e. The molecule has 2 aromatic rings. The number of rotatable bonds is 7. The van der Waals surface area contributed by atoms with Gasteiger partial charge in [0.15, 0.2) is 5.11 Å². The van der Waals surface area contributed by atoms with Crippen LogP contribution in [0.2, 0.25) is 5.02 Å². The van der Waals surface area contributed by atoms with Gasteiger partial charge >= 0.3 is 5.97 Å². The van der Waals surface area contributed by atoms with Crippen molar-refractivity contribution in [1.29, 1.82) is 0 Å². The summed E-state index contributed by atoms with van der Waals surface area (Å²) in [7, 11) is 0. The van der Waals surface area contributed by atoms with Crippen molar-refractivity contribution >= 4 is 52.2 Å². The topological polar surface area (TPSA) is 89.1 Å². The van der Waals surface area contributed by atoms with E-state index in [-0.39, 0.29) is 11.7 Å². The lowest BCUT2D eigenvalue weighted by Crippen LogP contribution is -2.38. The van der Waals surface area contributed by atoms with Crippen molar-refractivity contribution in [3.63, 3.8) is 0 Å². The van der Waals surface area contributed by atoms with Crippen molar-refractivity contribution in [2.75, 3.05) is 49.7 Å². The molecule has 0 saturated carbocycles. The van der Waals surface area contributed by atoms with Gasteiger partial charge in [0.2, 0.25) is 0 Å². The molecule has 0 aromatic heterocycles. The maximum atomic E-state index is 12.7. The molecular formula is C23H26ClN3O5S. The van der Waals surface area contributed by atoms with Crippen LogP contribution in [0, 0.1) is 0 Å². The Hall–Kier alpha value is -2.88. The Morgan fingerprint density at radius 1 is 1.09 bits per heavy atom. The highest BCUT2D eigenvalue weighted by atomic mass is 35.5. The fourth-order valence-corrected chi connectivity index (χ4v) is 3.74. The molecule has 0 bridgehead atoms. The van der Waals surface area contributed by atoms with Crippen LogP contribution >= 0.6 is 23.8 Å². The first kappa shape index (κ1) is 24.8. The van der Waals surface area contributed by atoms with Crippen LogP contribution in [0.3, 0.4) is 0 Å². The minimum atomic E-state index is -0.437. The maximum absolute atomic E-state index is 12.7. The van der Waals surface area contributed by atoms with Gasteiger partial charge in [0.1, 0.15) is 5.75 Å². The molecule has 10 heteroatoms. The highest BCUT2D eigenvalue weighted by Crippen LogP contribution is 2.29. The summed E-state index contributed by atoms with van der Waals surface area (Å²) in [5, 5.41) is 6.11. The third-order valence-electron chi connectivity index (χ3n) is 4.83. The lowest BCUT2D eigenvalue weighted by molar-refractivity contribution is 0.0526. The standard InChI is InChI=1S/C23H26ClN3O5S/c1-3-31-20-8-6-15(13-17(20)24)21(28)26-23(33)25-18-14-16(22(29)32-4-2)5-7-19(18)27-9-11-30-12-10-27/h5-8,13-14H,3-4,9-12H2,1-2H3,(H2,25,26,28,33). The number of morpholine rings is 1. The van der Waals surface area contributed by atoms with E-state index in [2.05, 4.69) is 15.5 Å². The summed E-state index contributed by atoms with van der Waals surface area (Å²) in [4.78, 5) is 27.0. The highest BCUT2D eigenvalue weighted by Gasteiger charge is 2.19. The second-order valence-corrected chi connectivity index (χ2v) is 7.85. The third-order valence-corrected chi connectivity index (χ3v) is 5.33. The van der Waals surface area contributed by atoms with E-state index in [1.165, 1.54) is 6.07 Å². The van der Waals surface area contributed by atoms with Crippen molar-refractivity contribution in [2.24, 2.45) is 0 Å². The van der Waals surface area contributed by atoms with E-state index in [0.29, 0.717) is 60.5 Å². The Labute approximate surface area is 203 Å². The number of hydrogen-bond donors (Lipinski definition) is 2. The second kappa shape index (κ2) is 11.8. The van der Waals surface area contributed by atoms with Gasteiger partial charge in [-0.1, -0.05) is 11.6 Å². The van der Waals surface area contributed by atoms with Crippen molar-refractivity contribution in [3.05, 3.63) is 52.5 Å². The zero-order chi connectivity index (χ0) is 23.8. The summed E-state index contributed by atoms with van der Waals surface area (Å²) < 4.78 is 15.9. The maximum Gasteiger partial charge on any atom is 0.338 e. The minimum absolute atomic E-state index is 0.0838.